The Morgan fingerprint density at radius 1 is 1.12 bits per heavy atom. The molecular weight excluding hydrogens is 552 g/mol. The molecule has 9 nitrogen and oxygen atoms in total. The molecule has 214 valence electrons. The van der Waals surface area contributed by atoms with Crippen LogP contribution in [0, 0.1) is 0 Å². The monoisotopic (exact) mass is 580 g/mol. The zero-order valence-corrected chi connectivity index (χ0v) is 22.6. The molecule has 5 rings (SSSR count). The highest BCUT2D eigenvalue weighted by atomic mass is 32.2. The van der Waals surface area contributed by atoms with E-state index in [9.17, 15) is 26.0 Å². The highest BCUT2D eigenvalue weighted by molar-refractivity contribution is 7.90. The Balaban J connectivity index is 1.44. The lowest BCUT2D eigenvalue weighted by Crippen LogP contribution is -2.46. The maximum atomic E-state index is 14.7. The van der Waals surface area contributed by atoms with Gasteiger partial charge in [0.15, 0.2) is 9.84 Å². The first-order valence-electron chi connectivity index (χ1n) is 12.5. The minimum Gasteiger partial charge on any atom is -0.417 e. The average Bonchev–Trinajstić information content (AvgIpc) is 3.48. The summed E-state index contributed by atoms with van der Waals surface area (Å²) in [6.07, 6.45) is -4.01. The third kappa shape index (κ3) is 6.22. The fraction of sp³-hybridized carbons (Fsp3) is 0.385. The number of halogens is 4. The SMILES string of the molecule is CN1CC[C@@H](Nc2cccc3c2cc(-c2nnc(CNc4cccc(S(C)(=O)=O)c4)o2)n3CC(F)(F)F)[C@@H](F)C1. The second-order valence-corrected chi connectivity index (χ2v) is 12.0. The van der Waals surface area contributed by atoms with Crippen molar-refractivity contribution >= 4 is 32.1 Å². The Bertz CT molecular complexity index is 1620. The quantitative estimate of drug-likeness (QED) is 0.289. The molecule has 14 heteroatoms. The summed E-state index contributed by atoms with van der Waals surface area (Å²) in [6.45, 7) is -0.304. The van der Waals surface area contributed by atoms with E-state index in [-0.39, 0.29) is 41.0 Å². The van der Waals surface area contributed by atoms with Crippen molar-refractivity contribution in [2.24, 2.45) is 0 Å². The number of aromatic nitrogens is 3. The largest absolute Gasteiger partial charge is 0.417 e. The zero-order chi connectivity index (χ0) is 28.7. The van der Waals surface area contributed by atoms with Crippen LogP contribution in [0.2, 0.25) is 0 Å². The number of piperidine rings is 1. The minimum absolute atomic E-state index is 0.0144. The van der Waals surface area contributed by atoms with Crippen LogP contribution in [0.4, 0.5) is 28.9 Å². The normalized spacial score (nSPS) is 18.8. The molecule has 0 amide bonds. The molecule has 2 atom stereocenters. The van der Waals surface area contributed by atoms with Crippen molar-refractivity contribution in [3.8, 4) is 11.6 Å². The number of hydrogen-bond acceptors (Lipinski definition) is 8. The maximum absolute atomic E-state index is 14.7. The van der Waals surface area contributed by atoms with E-state index in [2.05, 4.69) is 20.8 Å². The summed E-state index contributed by atoms with van der Waals surface area (Å²) < 4.78 is 86.0. The van der Waals surface area contributed by atoms with Gasteiger partial charge in [0.25, 0.3) is 5.89 Å². The molecule has 0 bridgehead atoms. The van der Waals surface area contributed by atoms with E-state index in [4.69, 9.17) is 4.42 Å². The first-order chi connectivity index (χ1) is 18.9. The third-order valence-corrected chi connectivity index (χ3v) is 7.87. The van der Waals surface area contributed by atoms with Gasteiger partial charge in [-0.15, -0.1) is 10.2 Å². The van der Waals surface area contributed by atoms with Crippen LogP contribution < -0.4 is 10.6 Å². The topological polar surface area (TPSA) is 105 Å². The van der Waals surface area contributed by atoms with Crippen LogP contribution in [-0.2, 0) is 22.9 Å². The van der Waals surface area contributed by atoms with Crippen LogP contribution in [-0.4, -0.2) is 72.9 Å². The Labute approximate surface area is 228 Å². The summed E-state index contributed by atoms with van der Waals surface area (Å²) in [5.41, 5.74) is 1.37. The molecule has 0 saturated carbocycles. The maximum Gasteiger partial charge on any atom is 0.406 e. The molecule has 4 aromatic rings. The molecule has 0 aliphatic carbocycles. The summed E-state index contributed by atoms with van der Waals surface area (Å²) >= 11 is 0. The molecule has 2 aromatic carbocycles. The summed E-state index contributed by atoms with van der Waals surface area (Å²) in [6, 6.07) is 12.1. The van der Waals surface area contributed by atoms with Crippen molar-refractivity contribution in [2.45, 2.75) is 42.8 Å². The lowest BCUT2D eigenvalue weighted by molar-refractivity contribution is -0.139. The van der Waals surface area contributed by atoms with Crippen LogP contribution in [0.15, 0.2) is 57.8 Å². The molecule has 1 saturated heterocycles. The molecule has 2 aromatic heterocycles. The zero-order valence-electron chi connectivity index (χ0n) is 21.7. The second-order valence-electron chi connectivity index (χ2n) is 9.94. The molecule has 0 spiro atoms. The van der Waals surface area contributed by atoms with Crippen LogP contribution >= 0.6 is 0 Å². The number of nitrogens with one attached hydrogen (secondary N) is 2. The number of sulfone groups is 1. The first kappa shape index (κ1) is 27.9. The fourth-order valence-corrected chi connectivity index (χ4v) is 5.47. The van der Waals surface area contributed by atoms with Gasteiger partial charge in [-0.05, 0) is 49.9 Å². The number of benzene rings is 2. The molecule has 1 aliphatic rings. The molecule has 3 heterocycles. The van der Waals surface area contributed by atoms with E-state index in [1.165, 1.54) is 18.2 Å². The number of anilines is 2. The van der Waals surface area contributed by atoms with Gasteiger partial charge in [-0.1, -0.05) is 12.1 Å². The van der Waals surface area contributed by atoms with Crippen LogP contribution in [0.25, 0.3) is 22.5 Å². The average molecular weight is 581 g/mol. The highest BCUT2D eigenvalue weighted by Gasteiger charge is 2.32. The molecule has 1 aliphatic heterocycles. The van der Waals surface area contributed by atoms with E-state index < -0.39 is 34.8 Å². The Hall–Kier alpha value is -3.65. The predicted molar refractivity (Wildman–Crippen MR) is 143 cm³/mol. The van der Waals surface area contributed by atoms with Gasteiger partial charge in [0.1, 0.15) is 18.4 Å². The Morgan fingerprint density at radius 2 is 1.90 bits per heavy atom. The summed E-state index contributed by atoms with van der Waals surface area (Å²) in [4.78, 5) is 2.02. The molecule has 40 heavy (non-hydrogen) atoms. The molecule has 0 radical (unpaired) electrons. The first-order valence-corrected chi connectivity index (χ1v) is 14.4. The van der Waals surface area contributed by atoms with Gasteiger partial charge in [-0.25, -0.2) is 12.8 Å². The number of hydrogen-bond donors (Lipinski definition) is 2. The van der Waals surface area contributed by atoms with Gasteiger partial charge in [-0.2, -0.15) is 13.2 Å². The highest BCUT2D eigenvalue weighted by Crippen LogP contribution is 2.35. The van der Waals surface area contributed by atoms with E-state index in [0.29, 0.717) is 29.7 Å². The second kappa shape index (κ2) is 10.7. The molecule has 0 unspecified atom stereocenters. The predicted octanol–water partition coefficient (Wildman–Crippen LogP) is 4.72. The van der Waals surface area contributed by atoms with Gasteiger partial charge in [-0.3, -0.25) is 0 Å². The van der Waals surface area contributed by atoms with Crippen molar-refractivity contribution in [1.29, 1.82) is 0 Å². The van der Waals surface area contributed by atoms with Crippen molar-refractivity contribution in [3.05, 3.63) is 54.4 Å². The van der Waals surface area contributed by atoms with Crippen molar-refractivity contribution in [1.82, 2.24) is 19.7 Å². The number of fused-ring (bicyclic) bond motifs is 1. The number of rotatable bonds is 8. The summed E-state index contributed by atoms with van der Waals surface area (Å²) in [7, 11) is -1.56. The van der Waals surface area contributed by atoms with Gasteiger partial charge in [0, 0.05) is 36.1 Å². The Kier molecular flexibility index (Phi) is 7.48. The lowest BCUT2D eigenvalue weighted by atomic mass is 10.0. The van der Waals surface area contributed by atoms with Crippen LogP contribution in [0.5, 0.6) is 0 Å². The molecule has 2 N–H and O–H groups in total. The van der Waals surface area contributed by atoms with Crippen LogP contribution in [0.1, 0.15) is 12.3 Å². The van der Waals surface area contributed by atoms with Gasteiger partial charge in [0.05, 0.1) is 23.0 Å². The van der Waals surface area contributed by atoms with Crippen molar-refractivity contribution in [3.63, 3.8) is 0 Å². The van der Waals surface area contributed by atoms with E-state index in [1.807, 2.05) is 11.9 Å². The van der Waals surface area contributed by atoms with Gasteiger partial charge in [0.2, 0.25) is 5.89 Å². The number of alkyl halides is 4. The fourth-order valence-electron chi connectivity index (χ4n) is 4.80. The number of nitrogens with zero attached hydrogens (tertiary/aromatic N) is 4. The minimum atomic E-state index is -4.53. The third-order valence-electron chi connectivity index (χ3n) is 6.76. The lowest BCUT2D eigenvalue weighted by Gasteiger charge is -2.33. The van der Waals surface area contributed by atoms with E-state index in [0.717, 1.165) is 10.8 Å². The van der Waals surface area contributed by atoms with Gasteiger partial charge < -0.3 is 24.5 Å². The van der Waals surface area contributed by atoms with E-state index in [1.54, 1.807) is 30.3 Å². The number of likely N-dealkylation sites (tertiary alicyclic amines) is 1. The molecular formula is C26H28F4N6O3S. The summed E-state index contributed by atoms with van der Waals surface area (Å²) in [5.74, 6) is -0.0238. The van der Waals surface area contributed by atoms with Crippen molar-refractivity contribution < 1.29 is 30.4 Å². The molecule has 1 fully saturated rings. The smallest absolute Gasteiger partial charge is 0.406 e. The van der Waals surface area contributed by atoms with E-state index >= 15 is 0 Å². The van der Waals surface area contributed by atoms with Gasteiger partial charge >= 0.3 is 6.18 Å². The Morgan fingerprint density at radius 3 is 2.62 bits per heavy atom. The van der Waals surface area contributed by atoms with Crippen molar-refractivity contribution in [2.75, 3.05) is 37.0 Å². The summed E-state index contributed by atoms with van der Waals surface area (Å²) in [5, 5.41) is 14.6. The van der Waals surface area contributed by atoms with Crippen LogP contribution in [0.3, 0.4) is 0 Å². The standard InChI is InChI=1S/C26H28F4N6O3S/c1-35-10-9-21(19(27)14-35)32-20-7-4-8-22-18(20)12-23(36(22)15-26(28,29)30)25-34-33-24(39-25)13-31-16-5-3-6-17(11-16)40(2,37)38/h3-8,11-12,19,21,31-32H,9-10,13-15H2,1-2H3/t19-,21+/m0/s1.